The number of hydrogen-bond donors (Lipinski definition) is 2. The lowest BCUT2D eigenvalue weighted by Crippen LogP contribution is -2.49. The number of carbonyl (C=O) groups excluding carboxylic acids is 1. The van der Waals surface area contributed by atoms with Crippen LogP contribution in [0.5, 0.6) is 0 Å². The van der Waals surface area contributed by atoms with Crippen molar-refractivity contribution in [2.24, 2.45) is 17.6 Å². The standard InChI is InChI=1S/C12H24N2O2/c1-8(2)11(12(15)16-3)14-10-6-4-5-9(10)7-13/h8-11,14H,4-7,13H2,1-3H3/t9?,10?,11-/m0/s1. The maximum absolute atomic E-state index is 11.6. The van der Waals surface area contributed by atoms with E-state index in [9.17, 15) is 4.79 Å². The first-order valence-electron chi connectivity index (χ1n) is 6.14. The van der Waals surface area contributed by atoms with Gasteiger partial charge in [-0.3, -0.25) is 4.79 Å². The first-order chi connectivity index (χ1) is 7.60. The summed E-state index contributed by atoms with van der Waals surface area (Å²) in [7, 11) is 1.44. The van der Waals surface area contributed by atoms with E-state index in [0.717, 1.165) is 6.42 Å². The molecule has 0 aromatic carbocycles. The predicted molar refractivity (Wildman–Crippen MR) is 64.0 cm³/mol. The first-order valence-corrected chi connectivity index (χ1v) is 6.14. The Balaban J connectivity index is 2.57. The molecule has 1 aliphatic carbocycles. The third kappa shape index (κ3) is 3.19. The largest absolute Gasteiger partial charge is 0.468 e. The van der Waals surface area contributed by atoms with Gasteiger partial charge in [0.1, 0.15) is 6.04 Å². The molecule has 94 valence electrons. The predicted octanol–water partition coefficient (Wildman–Crippen LogP) is 0.901. The van der Waals surface area contributed by atoms with Crippen LogP contribution in [0.4, 0.5) is 0 Å². The van der Waals surface area contributed by atoms with E-state index in [1.54, 1.807) is 0 Å². The molecule has 0 radical (unpaired) electrons. The normalized spacial score (nSPS) is 27.1. The molecule has 4 nitrogen and oxygen atoms in total. The molecule has 0 aliphatic heterocycles. The van der Waals surface area contributed by atoms with Gasteiger partial charge in [0, 0.05) is 6.04 Å². The highest BCUT2D eigenvalue weighted by Gasteiger charge is 2.32. The van der Waals surface area contributed by atoms with Crippen LogP contribution in [0.15, 0.2) is 0 Å². The minimum absolute atomic E-state index is 0.169. The second kappa shape index (κ2) is 6.21. The summed E-state index contributed by atoms with van der Waals surface area (Å²) in [6.45, 7) is 4.76. The number of hydrogen-bond acceptors (Lipinski definition) is 4. The van der Waals surface area contributed by atoms with E-state index in [2.05, 4.69) is 5.32 Å². The van der Waals surface area contributed by atoms with Crippen molar-refractivity contribution in [2.45, 2.75) is 45.2 Å². The molecule has 0 saturated heterocycles. The van der Waals surface area contributed by atoms with Gasteiger partial charge in [-0.25, -0.2) is 0 Å². The molecular weight excluding hydrogens is 204 g/mol. The fourth-order valence-electron chi connectivity index (χ4n) is 2.43. The summed E-state index contributed by atoms with van der Waals surface area (Å²) in [5.41, 5.74) is 5.73. The Labute approximate surface area is 97.9 Å². The maximum atomic E-state index is 11.6. The lowest BCUT2D eigenvalue weighted by Gasteiger charge is -2.27. The van der Waals surface area contributed by atoms with Crippen molar-refractivity contribution >= 4 is 5.97 Å². The SMILES string of the molecule is COC(=O)[C@@H](NC1CCCC1CN)C(C)C. The van der Waals surface area contributed by atoms with Gasteiger partial charge in [-0.15, -0.1) is 0 Å². The fraction of sp³-hybridized carbons (Fsp3) is 0.917. The van der Waals surface area contributed by atoms with E-state index in [0.29, 0.717) is 18.5 Å². The van der Waals surface area contributed by atoms with Crippen LogP contribution in [0.3, 0.4) is 0 Å². The first kappa shape index (κ1) is 13.5. The highest BCUT2D eigenvalue weighted by atomic mass is 16.5. The summed E-state index contributed by atoms with van der Waals surface area (Å²) in [5, 5.41) is 3.41. The number of methoxy groups -OCH3 is 1. The van der Waals surface area contributed by atoms with Crippen molar-refractivity contribution in [3.8, 4) is 0 Å². The highest BCUT2D eigenvalue weighted by Crippen LogP contribution is 2.25. The summed E-state index contributed by atoms with van der Waals surface area (Å²) in [6, 6.07) is 0.165. The van der Waals surface area contributed by atoms with Gasteiger partial charge < -0.3 is 15.8 Å². The molecule has 1 rings (SSSR count). The quantitative estimate of drug-likeness (QED) is 0.686. The van der Waals surface area contributed by atoms with Gasteiger partial charge in [0.05, 0.1) is 7.11 Å². The molecule has 0 amide bonds. The molecule has 0 bridgehead atoms. The van der Waals surface area contributed by atoms with E-state index >= 15 is 0 Å². The highest BCUT2D eigenvalue weighted by molar-refractivity contribution is 5.76. The van der Waals surface area contributed by atoms with Crippen molar-refractivity contribution < 1.29 is 9.53 Å². The summed E-state index contributed by atoms with van der Waals surface area (Å²) in [6.07, 6.45) is 3.48. The Hall–Kier alpha value is -0.610. The molecule has 16 heavy (non-hydrogen) atoms. The Kier molecular flexibility index (Phi) is 5.22. The van der Waals surface area contributed by atoms with Gasteiger partial charge in [-0.1, -0.05) is 20.3 Å². The number of nitrogens with two attached hydrogens (primary N) is 1. The minimum Gasteiger partial charge on any atom is -0.468 e. The van der Waals surface area contributed by atoms with Crippen molar-refractivity contribution in [3.63, 3.8) is 0 Å². The Morgan fingerprint density at radius 2 is 2.19 bits per heavy atom. The van der Waals surface area contributed by atoms with E-state index in [-0.39, 0.29) is 17.9 Å². The van der Waals surface area contributed by atoms with E-state index in [1.165, 1.54) is 20.0 Å². The topological polar surface area (TPSA) is 64.3 Å². The molecular formula is C12H24N2O2. The molecule has 0 heterocycles. The Bertz CT molecular complexity index is 231. The Morgan fingerprint density at radius 3 is 2.69 bits per heavy atom. The maximum Gasteiger partial charge on any atom is 0.323 e. The van der Waals surface area contributed by atoms with Crippen LogP contribution < -0.4 is 11.1 Å². The van der Waals surface area contributed by atoms with Crippen LogP contribution in [0.1, 0.15) is 33.1 Å². The molecule has 0 aromatic heterocycles. The molecule has 1 aliphatic rings. The molecule has 3 N–H and O–H groups in total. The van der Waals surface area contributed by atoms with Crippen LogP contribution in [0, 0.1) is 11.8 Å². The average Bonchev–Trinajstić information content (AvgIpc) is 2.71. The molecule has 0 aromatic rings. The monoisotopic (exact) mass is 228 g/mol. The lowest BCUT2D eigenvalue weighted by atomic mass is 9.99. The number of rotatable bonds is 5. The second-order valence-corrected chi connectivity index (χ2v) is 4.94. The van der Waals surface area contributed by atoms with Gasteiger partial charge in [0.25, 0.3) is 0 Å². The van der Waals surface area contributed by atoms with Crippen molar-refractivity contribution in [2.75, 3.05) is 13.7 Å². The zero-order valence-corrected chi connectivity index (χ0v) is 10.5. The third-order valence-electron chi connectivity index (χ3n) is 3.48. The summed E-state index contributed by atoms with van der Waals surface area (Å²) in [5.74, 6) is 0.579. The minimum atomic E-state index is -0.206. The second-order valence-electron chi connectivity index (χ2n) is 4.94. The number of ether oxygens (including phenoxy) is 1. The fourth-order valence-corrected chi connectivity index (χ4v) is 2.43. The van der Waals surface area contributed by atoms with Gasteiger partial charge in [0.15, 0.2) is 0 Å². The molecule has 4 heteroatoms. The number of nitrogens with one attached hydrogen (secondary N) is 1. The van der Waals surface area contributed by atoms with Crippen LogP contribution in [0.2, 0.25) is 0 Å². The van der Waals surface area contributed by atoms with Crippen molar-refractivity contribution in [1.82, 2.24) is 5.32 Å². The summed E-state index contributed by atoms with van der Waals surface area (Å²) in [4.78, 5) is 11.6. The van der Waals surface area contributed by atoms with E-state index < -0.39 is 0 Å². The molecule has 1 fully saturated rings. The molecule has 0 spiro atoms. The van der Waals surface area contributed by atoms with Crippen LogP contribution in [-0.4, -0.2) is 31.7 Å². The zero-order chi connectivity index (χ0) is 12.1. The van der Waals surface area contributed by atoms with E-state index in [4.69, 9.17) is 10.5 Å². The number of carbonyl (C=O) groups is 1. The lowest BCUT2D eigenvalue weighted by molar-refractivity contribution is -0.144. The van der Waals surface area contributed by atoms with Crippen LogP contribution in [-0.2, 0) is 9.53 Å². The molecule has 2 unspecified atom stereocenters. The van der Waals surface area contributed by atoms with Gasteiger partial charge in [-0.05, 0) is 31.2 Å². The molecule has 3 atom stereocenters. The van der Waals surface area contributed by atoms with Gasteiger partial charge in [0.2, 0.25) is 0 Å². The molecule has 1 saturated carbocycles. The third-order valence-corrected chi connectivity index (χ3v) is 3.48. The summed E-state index contributed by atoms with van der Waals surface area (Å²) < 4.78 is 4.82. The van der Waals surface area contributed by atoms with Crippen molar-refractivity contribution in [3.05, 3.63) is 0 Å². The van der Waals surface area contributed by atoms with E-state index in [1.807, 2.05) is 13.8 Å². The number of esters is 1. The average molecular weight is 228 g/mol. The zero-order valence-electron chi connectivity index (χ0n) is 10.5. The summed E-state index contributed by atoms with van der Waals surface area (Å²) >= 11 is 0. The van der Waals surface area contributed by atoms with Gasteiger partial charge >= 0.3 is 5.97 Å². The van der Waals surface area contributed by atoms with Crippen molar-refractivity contribution in [1.29, 1.82) is 0 Å². The van der Waals surface area contributed by atoms with Crippen LogP contribution >= 0.6 is 0 Å². The van der Waals surface area contributed by atoms with Gasteiger partial charge in [-0.2, -0.15) is 0 Å². The Morgan fingerprint density at radius 1 is 1.50 bits per heavy atom. The smallest absolute Gasteiger partial charge is 0.323 e. The van der Waals surface area contributed by atoms with Crippen LogP contribution in [0.25, 0.3) is 0 Å².